The molecule has 2 aromatic carbocycles. The van der Waals surface area contributed by atoms with Gasteiger partial charge in [-0.15, -0.1) is 0 Å². The molecule has 8 rings (SSSR count). The third kappa shape index (κ3) is 4.29. The van der Waals surface area contributed by atoms with Gasteiger partial charge in [0.05, 0.1) is 18.9 Å². The number of ether oxygens (including phenoxy) is 1. The molecular formula is C35H34N4O2. The first-order chi connectivity index (χ1) is 20.1. The summed E-state index contributed by atoms with van der Waals surface area (Å²) in [6.45, 7) is 3.83. The van der Waals surface area contributed by atoms with Crippen molar-refractivity contribution in [3.63, 3.8) is 0 Å². The van der Waals surface area contributed by atoms with Gasteiger partial charge in [0, 0.05) is 58.7 Å². The van der Waals surface area contributed by atoms with Gasteiger partial charge in [-0.05, 0) is 78.7 Å². The van der Waals surface area contributed by atoms with E-state index in [9.17, 15) is 5.21 Å². The average Bonchev–Trinajstić information content (AvgIpc) is 3.31. The first-order valence-corrected chi connectivity index (χ1v) is 14.8. The lowest BCUT2D eigenvalue weighted by Gasteiger charge is -2.56. The van der Waals surface area contributed by atoms with Crippen molar-refractivity contribution in [2.45, 2.75) is 57.2 Å². The van der Waals surface area contributed by atoms with Gasteiger partial charge in [0.1, 0.15) is 0 Å². The lowest BCUT2D eigenvalue weighted by molar-refractivity contribution is -0.148. The van der Waals surface area contributed by atoms with Gasteiger partial charge in [-0.2, -0.15) is 0 Å². The fraction of sp³-hybridized carbons (Fsp3) is 0.314. The number of hydroxylamine groups is 2. The van der Waals surface area contributed by atoms with Crippen molar-refractivity contribution in [2.24, 2.45) is 4.99 Å². The number of nitrogens with zero attached hydrogens (tertiary/aromatic N) is 4. The highest BCUT2D eigenvalue weighted by molar-refractivity contribution is 6.15. The number of rotatable bonds is 2. The first kappa shape index (κ1) is 24.9. The zero-order valence-electron chi connectivity index (χ0n) is 23.3. The van der Waals surface area contributed by atoms with Crippen LogP contribution in [-0.2, 0) is 17.6 Å². The van der Waals surface area contributed by atoms with Crippen molar-refractivity contribution >= 4 is 23.3 Å². The van der Waals surface area contributed by atoms with E-state index >= 15 is 0 Å². The maximum atomic E-state index is 10.3. The van der Waals surface area contributed by atoms with E-state index in [0.717, 1.165) is 70.3 Å². The van der Waals surface area contributed by atoms with Crippen LogP contribution < -0.4 is 10.4 Å². The van der Waals surface area contributed by atoms with Crippen LogP contribution in [0.5, 0.6) is 0 Å². The molecule has 5 aliphatic rings. The molecule has 1 aliphatic carbocycles. The summed E-state index contributed by atoms with van der Waals surface area (Å²) in [7, 11) is 0. The highest BCUT2D eigenvalue weighted by Crippen LogP contribution is 2.38. The van der Waals surface area contributed by atoms with Crippen molar-refractivity contribution < 1.29 is 9.94 Å². The second-order valence-electron chi connectivity index (χ2n) is 12.0. The number of morpholine rings is 1. The molecule has 6 nitrogen and oxygen atoms in total. The molecule has 206 valence electrons. The predicted octanol–water partition coefficient (Wildman–Crippen LogP) is 4.66. The Hall–Kier alpha value is -3.84. The number of aromatic nitrogens is 1. The molecule has 0 radical (unpaired) electrons. The number of aryl methyl sites for hydroxylation is 2. The zero-order valence-corrected chi connectivity index (χ0v) is 23.3. The summed E-state index contributed by atoms with van der Waals surface area (Å²) in [5.41, 5.74) is 9.29. The number of hydrogen-bond donors (Lipinski definition) is 1. The minimum atomic E-state index is 0.644. The fourth-order valence-corrected chi connectivity index (χ4v) is 7.44. The highest BCUT2D eigenvalue weighted by Gasteiger charge is 2.45. The van der Waals surface area contributed by atoms with E-state index in [1.54, 1.807) is 6.20 Å². The Balaban J connectivity index is 1.08. The normalized spacial score (nSPS) is 25.0. The van der Waals surface area contributed by atoms with E-state index in [4.69, 9.17) is 9.72 Å². The van der Waals surface area contributed by atoms with Crippen molar-refractivity contribution in [3.05, 3.63) is 106 Å². The minimum Gasteiger partial charge on any atom is -0.378 e. The Morgan fingerprint density at radius 3 is 2.44 bits per heavy atom. The van der Waals surface area contributed by atoms with Crippen LogP contribution in [0, 0.1) is 0 Å². The van der Waals surface area contributed by atoms with E-state index in [2.05, 4.69) is 58.4 Å². The Labute approximate surface area is 240 Å². The van der Waals surface area contributed by atoms with Gasteiger partial charge in [-0.1, -0.05) is 48.5 Å². The summed E-state index contributed by atoms with van der Waals surface area (Å²) in [5, 5.41) is 13.6. The number of fused-ring (bicyclic) bond motifs is 4. The minimum absolute atomic E-state index is 0.644. The second-order valence-corrected chi connectivity index (χ2v) is 12.0. The molecule has 3 aromatic rings. The molecule has 2 unspecified atom stereocenters. The lowest BCUT2D eigenvalue weighted by atomic mass is 9.87. The molecule has 5 heterocycles. The molecule has 0 spiro atoms. The maximum Gasteiger partial charge on any atom is 0.159 e. The second kappa shape index (κ2) is 9.91. The van der Waals surface area contributed by atoms with Crippen LogP contribution in [0.3, 0.4) is 0 Å². The highest BCUT2D eigenvalue weighted by atomic mass is 16.5. The number of allylic oxidation sites excluding steroid dienone is 2. The zero-order chi connectivity index (χ0) is 27.5. The van der Waals surface area contributed by atoms with Gasteiger partial charge in [0.2, 0.25) is 0 Å². The van der Waals surface area contributed by atoms with Crippen molar-refractivity contribution in [2.75, 3.05) is 13.2 Å². The fourth-order valence-electron chi connectivity index (χ4n) is 7.44. The molecule has 41 heavy (non-hydrogen) atoms. The summed E-state index contributed by atoms with van der Waals surface area (Å²) in [5.74, 6) is 0.765. The molecule has 1 N–H and O–H groups in total. The van der Waals surface area contributed by atoms with Gasteiger partial charge >= 0.3 is 0 Å². The Morgan fingerprint density at radius 2 is 1.66 bits per heavy atom. The first-order valence-electron chi connectivity index (χ1n) is 14.8. The third-order valence-electron chi connectivity index (χ3n) is 9.58. The van der Waals surface area contributed by atoms with Crippen LogP contribution in [0.4, 0.5) is 5.82 Å². The molecule has 0 amide bonds. The lowest BCUT2D eigenvalue weighted by Crippen LogP contribution is -2.66. The van der Waals surface area contributed by atoms with Crippen LogP contribution >= 0.6 is 0 Å². The summed E-state index contributed by atoms with van der Waals surface area (Å²) in [6, 6.07) is 19.5. The molecular weight excluding hydrogens is 508 g/mol. The van der Waals surface area contributed by atoms with Crippen molar-refractivity contribution in [3.8, 4) is 11.1 Å². The Bertz CT molecular complexity index is 1730. The smallest absolute Gasteiger partial charge is 0.159 e. The Morgan fingerprint density at radius 1 is 0.878 bits per heavy atom. The molecule has 2 bridgehead atoms. The largest absolute Gasteiger partial charge is 0.378 e. The number of benzene rings is 2. The average molecular weight is 543 g/mol. The van der Waals surface area contributed by atoms with Crippen molar-refractivity contribution in [1.82, 2.24) is 14.9 Å². The SMILES string of the molecule is CC1=CC=CN(O)C1=c1ccc(=C2C=Nc3ncc(-c4ccc5c(c4)CC[C@@H](N4C6COCC4C6)CC5)cc32)cc1. The van der Waals surface area contributed by atoms with E-state index in [-0.39, 0.29) is 0 Å². The van der Waals surface area contributed by atoms with Crippen molar-refractivity contribution in [1.29, 1.82) is 0 Å². The number of hydrogen-bond acceptors (Lipinski definition) is 6. The van der Waals surface area contributed by atoms with Crippen LogP contribution in [0.1, 0.15) is 42.9 Å². The van der Waals surface area contributed by atoms with Gasteiger partial charge in [0.15, 0.2) is 5.82 Å². The third-order valence-corrected chi connectivity index (χ3v) is 9.58. The maximum absolute atomic E-state index is 10.3. The standard InChI is InChI=1S/C35H34N4O2/c1-22-3-2-14-38(40)34(22)25-7-5-24(6-8-25)33-19-37-35-32(33)16-28(18-36-35)27-9-4-23-10-12-29(13-11-26(23)15-27)39-30-17-31(39)21-41-20-30/h2-9,14-16,18-19,29-31,40H,10-13,17,20-21H2,1H3/t29-,30?,31?/m0/s1. The van der Waals surface area contributed by atoms with E-state index in [0.29, 0.717) is 18.1 Å². The number of pyridine rings is 1. The van der Waals surface area contributed by atoms with Crippen LogP contribution in [-0.4, -0.2) is 57.7 Å². The van der Waals surface area contributed by atoms with Gasteiger partial charge in [-0.3, -0.25) is 10.1 Å². The molecule has 2 fully saturated rings. The predicted molar refractivity (Wildman–Crippen MR) is 161 cm³/mol. The number of aliphatic imine (C=N–C) groups is 1. The van der Waals surface area contributed by atoms with E-state index in [1.165, 1.54) is 41.0 Å². The summed E-state index contributed by atoms with van der Waals surface area (Å²) in [6.07, 6.45) is 15.5. The molecule has 6 heteroatoms. The van der Waals surface area contributed by atoms with Gasteiger partial charge in [-0.25, -0.2) is 15.0 Å². The summed E-state index contributed by atoms with van der Waals surface area (Å²) < 4.78 is 5.74. The van der Waals surface area contributed by atoms with Gasteiger partial charge < -0.3 is 4.74 Å². The topological polar surface area (TPSA) is 61.2 Å². The molecule has 1 aromatic heterocycles. The van der Waals surface area contributed by atoms with Crippen LogP contribution in [0.15, 0.2) is 83.6 Å². The Kier molecular flexibility index (Phi) is 6.02. The molecule has 3 atom stereocenters. The van der Waals surface area contributed by atoms with Crippen LogP contribution in [0.25, 0.3) is 22.4 Å². The monoisotopic (exact) mass is 542 g/mol. The summed E-state index contributed by atoms with van der Waals surface area (Å²) >= 11 is 0. The van der Waals surface area contributed by atoms with Gasteiger partial charge in [0.25, 0.3) is 0 Å². The molecule has 2 saturated heterocycles. The molecule has 4 aliphatic heterocycles. The summed E-state index contributed by atoms with van der Waals surface area (Å²) in [4.78, 5) is 12.1. The van der Waals surface area contributed by atoms with E-state index in [1.807, 2.05) is 31.5 Å². The quantitative estimate of drug-likeness (QED) is 0.478. The van der Waals surface area contributed by atoms with E-state index < -0.39 is 0 Å². The van der Waals surface area contributed by atoms with Crippen LogP contribution in [0.2, 0.25) is 0 Å². The molecule has 0 saturated carbocycles.